The number of nitrogens with zero attached hydrogens (tertiary/aromatic N) is 2. The Hall–Kier alpha value is -0.0800. The lowest BCUT2D eigenvalue weighted by atomic mass is 9.40. The number of hydrogen-bond donors (Lipinski definition) is 0. The molecular weight excluding hydrogens is 292 g/mol. The molecule has 0 radical (unpaired) electrons. The van der Waals surface area contributed by atoms with Gasteiger partial charge in [-0.05, 0) is 42.4 Å². The maximum atomic E-state index is 5.02. The molecule has 138 valence electrons. The van der Waals surface area contributed by atoms with Crippen LogP contribution in [0.5, 0.6) is 0 Å². The summed E-state index contributed by atoms with van der Waals surface area (Å²) in [5, 5.41) is 9.98. The molecule has 2 nitrogen and oxygen atoms in total. The van der Waals surface area contributed by atoms with E-state index in [1.807, 2.05) is 0 Å². The highest BCUT2D eigenvalue weighted by Gasteiger charge is 2.59. The molecule has 0 aromatic rings. The minimum absolute atomic E-state index is 0.217. The summed E-state index contributed by atoms with van der Waals surface area (Å²) in [5.74, 6) is 7.11. The van der Waals surface area contributed by atoms with Gasteiger partial charge in [-0.3, -0.25) is 0 Å². The van der Waals surface area contributed by atoms with Gasteiger partial charge in [-0.2, -0.15) is 14.1 Å². The third-order valence-electron chi connectivity index (χ3n) is 9.79. The van der Waals surface area contributed by atoms with E-state index in [1.165, 1.54) is 38.5 Å². The van der Waals surface area contributed by atoms with Gasteiger partial charge in [0.25, 0.3) is 0 Å². The van der Waals surface area contributed by atoms with Crippen LogP contribution in [0.15, 0.2) is 0 Å². The van der Waals surface area contributed by atoms with Crippen molar-refractivity contribution in [3.05, 3.63) is 10.6 Å². The normalized spacial score (nSPS) is 59.8. The predicted octanol–water partition coefficient (Wildman–Crippen LogP) is 5.88. The Kier molecular flexibility index (Phi) is 4.12. The number of hydrogen-bond acceptors (Lipinski definition) is 0. The van der Waals surface area contributed by atoms with Crippen molar-refractivity contribution >= 4 is 0 Å². The van der Waals surface area contributed by atoms with Crippen molar-refractivity contribution in [2.75, 3.05) is 14.1 Å². The van der Waals surface area contributed by atoms with Gasteiger partial charge in [0.2, 0.25) is 0 Å². The molecule has 0 amide bonds. The molecular formula is C22H38N2-2. The van der Waals surface area contributed by atoms with Gasteiger partial charge >= 0.3 is 0 Å². The molecule has 4 aliphatic carbocycles. The Morgan fingerprint density at radius 1 is 0.833 bits per heavy atom. The van der Waals surface area contributed by atoms with E-state index in [2.05, 4.69) is 41.8 Å². The number of rotatable bonds is 2. The van der Waals surface area contributed by atoms with E-state index in [4.69, 9.17) is 10.6 Å². The van der Waals surface area contributed by atoms with Crippen LogP contribution in [0.2, 0.25) is 0 Å². The smallest absolute Gasteiger partial charge is 0.0333 e. The molecule has 10 atom stereocenters. The zero-order valence-electron chi connectivity index (χ0n) is 16.8. The first kappa shape index (κ1) is 17.3. The lowest BCUT2D eigenvalue weighted by Gasteiger charge is -2.72. The molecule has 4 saturated carbocycles. The maximum absolute atomic E-state index is 5.02. The van der Waals surface area contributed by atoms with Gasteiger partial charge in [-0.25, -0.2) is 0 Å². The van der Waals surface area contributed by atoms with Crippen LogP contribution in [-0.4, -0.2) is 25.2 Å². The highest BCUT2D eigenvalue weighted by Crippen LogP contribution is 2.67. The minimum atomic E-state index is 0.217. The highest BCUT2D eigenvalue weighted by atomic mass is 15.0. The Labute approximate surface area is 149 Å². The summed E-state index contributed by atoms with van der Waals surface area (Å²) in [5.41, 5.74) is 0.463. The summed E-state index contributed by atoms with van der Waals surface area (Å²) in [4.78, 5) is 0. The first-order valence-electron chi connectivity index (χ1n) is 10.6. The fraction of sp³-hybridized carbons (Fsp3) is 1.00. The second kappa shape index (κ2) is 5.71. The van der Waals surface area contributed by atoms with E-state index in [9.17, 15) is 0 Å². The molecule has 4 aliphatic rings. The van der Waals surface area contributed by atoms with E-state index >= 15 is 0 Å². The topological polar surface area (TPSA) is 28.2 Å². The molecule has 2 heteroatoms. The molecule has 0 aromatic heterocycles. The Morgan fingerprint density at radius 2 is 1.54 bits per heavy atom. The van der Waals surface area contributed by atoms with Gasteiger partial charge in [0.15, 0.2) is 0 Å². The average molecular weight is 331 g/mol. The molecule has 0 aliphatic heterocycles. The van der Waals surface area contributed by atoms with Crippen LogP contribution in [0.1, 0.15) is 66.2 Å². The van der Waals surface area contributed by atoms with Crippen LogP contribution in [0.4, 0.5) is 0 Å². The summed E-state index contributed by atoms with van der Waals surface area (Å²) in [6, 6.07) is 0. The van der Waals surface area contributed by atoms with Crippen molar-refractivity contribution < 1.29 is 0 Å². The fourth-order valence-corrected chi connectivity index (χ4v) is 8.20. The molecule has 0 N–H and O–H groups in total. The van der Waals surface area contributed by atoms with E-state index in [0.29, 0.717) is 0 Å². The first-order chi connectivity index (χ1) is 11.4. The van der Waals surface area contributed by atoms with Gasteiger partial charge in [0.1, 0.15) is 0 Å². The monoisotopic (exact) mass is 330 g/mol. The molecule has 10 unspecified atom stereocenters. The molecule has 4 fully saturated rings. The largest absolute Gasteiger partial charge is 0.659 e. The highest BCUT2D eigenvalue weighted by molar-refractivity contribution is 5.21. The van der Waals surface area contributed by atoms with Crippen molar-refractivity contribution in [3.63, 3.8) is 0 Å². The van der Waals surface area contributed by atoms with Crippen LogP contribution in [0.3, 0.4) is 0 Å². The lowest BCUT2D eigenvalue weighted by Crippen LogP contribution is -2.63. The average Bonchev–Trinajstić information content (AvgIpc) is 2.58. The molecule has 0 saturated heterocycles. The second-order valence-corrected chi connectivity index (χ2v) is 10.3. The third kappa shape index (κ3) is 2.14. The Bertz CT molecular complexity index is 490. The van der Waals surface area contributed by atoms with Crippen LogP contribution >= 0.6 is 0 Å². The zero-order chi connectivity index (χ0) is 17.3. The van der Waals surface area contributed by atoms with E-state index in [-0.39, 0.29) is 11.1 Å². The van der Waals surface area contributed by atoms with Gasteiger partial charge < -0.3 is 10.6 Å². The maximum Gasteiger partial charge on any atom is -0.0333 e. The summed E-state index contributed by atoms with van der Waals surface area (Å²) in [6.45, 7) is 10.0. The fourth-order valence-electron chi connectivity index (χ4n) is 8.20. The Balaban J connectivity index is 1.75. The molecule has 0 spiro atoms. The van der Waals surface area contributed by atoms with Gasteiger partial charge in [-0.15, -0.1) is 11.1 Å². The SMILES string of the molecule is C[N-]C1(C)CCC2C(C)CC3CC(C)C(C)([N-]C)C4CCC1C2C34. The lowest BCUT2D eigenvalue weighted by molar-refractivity contribution is -0.140. The van der Waals surface area contributed by atoms with Gasteiger partial charge in [-0.1, -0.05) is 71.1 Å². The molecule has 0 aromatic carbocycles. The van der Waals surface area contributed by atoms with Crippen LogP contribution in [0, 0.1) is 47.3 Å². The van der Waals surface area contributed by atoms with Crippen LogP contribution in [0.25, 0.3) is 10.6 Å². The molecule has 0 bridgehead atoms. The third-order valence-corrected chi connectivity index (χ3v) is 9.79. The van der Waals surface area contributed by atoms with Crippen LogP contribution < -0.4 is 0 Å². The van der Waals surface area contributed by atoms with E-state index in [0.717, 1.165) is 47.3 Å². The molecule has 0 heterocycles. The second-order valence-electron chi connectivity index (χ2n) is 10.3. The minimum Gasteiger partial charge on any atom is -0.659 e. The standard InChI is InChI=1S/C22H38N2/c1-13-11-15-12-14(2)22(4,24-6)18-8-7-17-20(19(15)18)16(13)9-10-21(17,3)23-5/h13-20H,7-12H2,1-6H3/q-2. The van der Waals surface area contributed by atoms with Crippen LogP contribution in [-0.2, 0) is 0 Å². The summed E-state index contributed by atoms with van der Waals surface area (Å²) >= 11 is 0. The Morgan fingerprint density at radius 3 is 2.21 bits per heavy atom. The van der Waals surface area contributed by atoms with Crippen molar-refractivity contribution in [1.82, 2.24) is 0 Å². The van der Waals surface area contributed by atoms with Crippen molar-refractivity contribution in [3.8, 4) is 0 Å². The molecule has 24 heavy (non-hydrogen) atoms. The van der Waals surface area contributed by atoms with Crippen molar-refractivity contribution in [2.24, 2.45) is 47.3 Å². The van der Waals surface area contributed by atoms with Gasteiger partial charge in [0.05, 0.1) is 0 Å². The zero-order valence-corrected chi connectivity index (χ0v) is 16.8. The molecule has 4 rings (SSSR count). The van der Waals surface area contributed by atoms with Crippen molar-refractivity contribution in [2.45, 2.75) is 77.3 Å². The van der Waals surface area contributed by atoms with E-state index < -0.39 is 0 Å². The summed E-state index contributed by atoms with van der Waals surface area (Å²) in [7, 11) is 4.18. The van der Waals surface area contributed by atoms with Crippen molar-refractivity contribution in [1.29, 1.82) is 0 Å². The van der Waals surface area contributed by atoms with E-state index in [1.54, 1.807) is 0 Å². The summed E-state index contributed by atoms with van der Waals surface area (Å²) < 4.78 is 0. The summed E-state index contributed by atoms with van der Waals surface area (Å²) in [6.07, 6.45) is 8.43. The predicted molar refractivity (Wildman–Crippen MR) is 102 cm³/mol. The van der Waals surface area contributed by atoms with Gasteiger partial charge in [0, 0.05) is 0 Å². The first-order valence-corrected chi connectivity index (χ1v) is 10.6. The quantitative estimate of drug-likeness (QED) is 0.605.